The zero-order valence-electron chi connectivity index (χ0n) is 59.5. The number of hydrogen-bond acceptors (Lipinski definition) is 15. The van der Waals surface area contributed by atoms with Gasteiger partial charge < -0.3 is 45.5 Å². The molecule has 0 aromatic heterocycles. The van der Waals surface area contributed by atoms with E-state index in [0.717, 1.165) is 5.56 Å². The lowest BCUT2D eigenvalue weighted by Gasteiger charge is -2.54. The van der Waals surface area contributed by atoms with Gasteiger partial charge in [0.15, 0.2) is 67.6 Å². The maximum Gasteiger partial charge on any atom is 0.297 e. The molecule has 1 aromatic rings. The van der Waals surface area contributed by atoms with E-state index < -0.39 is 121 Å². The van der Waals surface area contributed by atoms with E-state index in [1.54, 1.807) is 43.3 Å². The van der Waals surface area contributed by atoms with Crippen molar-refractivity contribution in [1.82, 2.24) is 0 Å². The van der Waals surface area contributed by atoms with Gasteiger partial charge in [-0.05, 0) is 128 Å². The van der Waals surface area contributed by atoms with E-state index in [2.05, 4.69) is 216 Å². The van der Waals surface area contributed by atoms with Crippen LogP contribution in [0.15, 0.2) is 54.5 Å². The lowest BCUT2D eigenvalue weighted by Crippen LogP contribution is -2.68. The second-order valence-corrected chi connectivity index (χ2v) is 64.1. The van der Waals surface area contributed by atoms with Crippen molar-refractivity contribution in [3.8, 4) is 0 Å². The van der Waals surface area contributed by atoms with Crippen LogP contribution in [0.1, 0.15) is 152 Å². The standard InChI is InChI=1S/C34H64O8SSi3.C29H60O6SSi3.2CH4/c1-18-23-37-31-30(42-46(16,17)34(9,10)11)29(41-45(14,15)33(6,7)8)28(40-44(12,13)32(3,4)5)27(39-31)24-38-43(35,36)26-21-19-25(2)20-22-26;1-18-19-31-26-25(35-39(16,17)29(9,10)11)24(34-38(14,15)28(6,7)8)23(22(32-26)20-36-21(2)30)33-37(12,13)27(3,4)5;;/h18-22,27-31H,1,23-24H2,2-17H3;18,22-26H,1,19-20H2,2-17H3;2*1H4. The number of rotatable bonds is 24. The first kappa shape index (κ1) is 86.5. The van der Waals surface area contributed by atoms with E-state index in [4.69, 9.17) is 49.7 Å². The molecule has 0 N–H and O–H groups in total. The Morgan fingerprint density at radius 3 is 1.02 bits per heavy atom. The number of hydrogen-bond donors (Lipinski definition) is 0. The molecule has 2 aliphatic rings. The van der Waals surface area contributed by atoms with Gasteiger partial charge in [0.1, 0.15) is 36.6 Å². The summed E-state index contributed by atoms with van der Waals surface area (Å²) in [6.45, 7) is 78.2. The van der Waals surface area contributed by atoms with Crippen LogP contribution in [0.2, 0.25) is 109 Å². The molecule has 2 saturated heterocycles. The smallest absolute Gasteiger partial charge is 0.297 e. The second kappa shape index (κ2) is 31.8. The van der Waals surface area contributed by atoms with Crippen molar-refractivity contribution in [3.05, 3.63) is 55.1 Å². The molecule has 0 radical (unpaired) electrons. The first-order chi connectivity index (χ1) is 37.8. The fourth-order valence-electron chi connectivity index (χ4n) is 7.65. The van der Waals surface area contributed by atoms with Crippen LogP contribution in [-0.2, 0) is 64.6 Å². The molecule has 0 bridgehead atoms. The molecule has 512 valence electrons. The summed E-state index contributed by atoms with van der Waals surface area (Å²) in [5.41, 5.74) is 0.956. The Hall–Kier alpha value is -0.469. The number of benzene rings is 1. The van der Waals surface area contributed by atoms with Crippen LogP contribution in [0.3, 0.4) is 0 Å². The highest BCUT2D eigenvalue weighted by molar-refractivity contribution is 8.13. The van der Waals surface area contributed by atoms with Gasteiger partial charge >= 0.3 is 0 Å². The normalized spacial score (nSPS) is 24.5. The average molecular weight is 1370 g/mol. The van der Waals surface area contributed by atoms with Crippen LogP contribution < -0.4 is 0 Å². The van der Waals surface area contributed by atoms with Gasteiger partial charge in [0.25, 0.3) is 10.1 Å². The molecule has 2 fully saturated rings. The first-order valence-electron chi connectivity index (χ1n) is 30.8. The van der Waals surface area contributed by atoms with Crippen molar-refractivity contribution in [2.24, 2.45) is 0 Å². The molecule has 3 rings (SSSR count). The van der Waals surface area contributed by atoms with Gasteiger partial charge in [0.2, 0.25) is 0 Å². The Morgan fingerprint density at radius 1 is 0.483 bits per heavy atom. The summed E-state index contributed by atoms with van der Waals surface area (Å²) in [4.78, 5) is 12.2. The zero-order chi connectivity index (χ0) is 66.6. The zero-order valence-corrected chi connectivity index (χ0v) is 67.1. The molecule has 87 heavy (non-hydrogen) atoms. The molecule has 2 aliphatic heterocycles. The molecule has 0 saturated carbocycles. The van der Waals surface area contributed by atoms with Gasteiger partial charge in [0, 0.05) is 12.7 Å². The quantitative estimate of drug-likeness (QED) is 0.0548. The Bertz CT molecular complexity index is 2410. The SMILES string of the molecule is C.C.C=CCOC1OC(COS(=O)(=O)c2ccc(C)cc2)C(O[Si](C)(C)C(C)(C)C)C(O[Si](C)(C)C(C)(C)C)C1O[Si](C)(C)C(C)(C)C.C=CCOC1OC(CSC(C)=O)C(O[Si](C)(C)C(C)(C)C)C(O[Si](C)(C)C(C)(C)C)C1O[Si](C)(C)C(C)(C)C. The van der Waals surface area contributed by atoms with Crippen molar-refractivity contribution < 1.29 is 62.9 Å². The van der Waals surface area contributed by atoms with Crippen LogP contribution in [0.4, 0.5) is 0 Å². The maximum atomic E-state index is 13.4. The summed E-state index contributed by atoms with van der Waals surface area (Å²) < 4.78 is 102. The van der Waals surface area contributed by atoms with Gasteiger partial charge in [-0.25, -0.2) is 0 Å². The summed E-state index contributed by atoms with van der Waals surface area (Å²) in [6, 6.07) is 6.61. The van der Waals surface area contributed by atoms with Crippen molar-refractivity contribution in [3.63, 3.8) is 0 Å². The highest BCUT2D eigenvalue weighted by atomic mass is 32.2. The highest BCUT2D eigenvalue weighted by Gasteiger charge is 2.59. The second-order valence-electron chi connectivity index (χ2n) is 32.7. The monoisotopic (exact) mass is 1370 g/mol. The number of carbonyl (C=O) groups is 1. The predicted molar refractivity (Wildman–Crippen MR) is 383 cm³/mol. The number of thioether (sulfide) groups is 1. The lowest BCUT2D eigenvalue weighted by atomic mass is 9.99. The molecule has 1 aromatic carbocycles. The summed E-state index contributed by atoms with van der Waals surface area (Å²) >= 11 is 1.26. The third-order valence-corrected chi connectivity index (χ3v) is 48.5. The molecule has 10 unspecified atom stereocenters. The topological polar surface area (TPSA) is 153 Å². The Kier molecular flexibility index (Phi) is 31.7. The molecule has 0 amide bonds. The maximum absolute atomic E-state index is 13.4. The van der Waals surface area contributed by atoms with Crippen molar-refractivity contribution in [2.75, 3.05) is 25.6 Å². The highest BCUT2D eigenvalue weighted by Crippen LogP contribution is 2.49. The number of aryl methyl sites for hydroxylation is 1. The van der Waals surface area contributed by atoms with Gasteiger partial charge in [-0.3, -0.25) is 8.98 Å². The minimum atomic E-state index is -4.08. The van der Waals surface area contributed by atoms with Crippen LogP contribution in [0.5, 0.6) is 0 Å². The van der Waals surface area contributed by atoms with Crippen LogP contribution in [0.25, 0.3) is 0 Å². The Labute approximate surface area is 545 Å². The third-order valence-electron chi connectivity index (χ3n) is 19.5. The van der Waals surface area contributed by atoms with E-state index >= 15 is 0 Å². The fourth-order valence-corrected chi connectivity index (χ4v) is 17.0. The van der Waals surface area contributed by atoms with E-state index in [1.165, 1.54) is 11.8 Å². The molecular formula is C65H132O14S2Si6. The molecule has 10 atom stereocenters. The molecule has 0 spiro atoms. The van der Waals surface area contributed by atoms with Crippen LogP contribution in [0, 0.1) is 6.92 Å². The Balaban J connectivity index is 0.00000168. The fraction of sp³-hybridized carbons (Fsp3) is 0.831. The molecule has 2 heterocycles. The first-order valence-corrected chi connectivity index (χ1v) is 50.6. The third kappa shape index (κ3) is 23.7. The molecule has 14 nitrogen and oxygen atoms in total. The van der Waals surface area contributed by atoms with Crippen LogP contribution >= 0.6 is 11.8 Å². The molecule has 22 heteroatoms. The van der Waals surface area contributed by atoms with Gasteiger partial charge in [-0.1, -0.05) is 181 Å². The van der Waals surface area contributed by atoms with Crippen molar-refractivity contribution >= 4 is 76.9 Å². The largest absolute Gasteiger partial charge is 0.409 e. The van der Waals surface area contributed by atoms with Crippen molar-refractivity contribution in [2.45, 2.75) is 328 Å². The number of carbonyl (C=O) groups excluding carboxylic acids is 1. The minimum Gasteiger partial charge on any atom is -0.409 e. The van der Waals surface area contributed by atoms with Gasteiger partial charge in [0.05, 0.1) is 36.9 Å². The summed E-state index contributed by atoms with van der Waals surface area (Å²) in [6.07, 6.45) is -2.54. The van der Waals surface area contributed by atoms with Gasteiger partial charge in [-0.15, -0.1) is 13.2 Å². The van der Waals surface area contributed by atoms with Gasteiger partial charge in [-0.2, -0.15) is 8.42 Å². The predicted octanol–water partition coefficient (Wildman–Crippen LogP) is 18.4. The molecular weight excluding hydrogens is 1240 g/mol. The van der Waals surface area contributed by atoms with E-state index in [1.807, 2.05) is 6.92 Å². The average Bonchev–Trinajstić information content (AvgIpc) is 0.900. The molecule has 0 aliphatic carbocycles. The number of ether oxygens (including phenoxy) is 4. The van der Waals surface area contributed by atoms with Crippen molar-refractivity contribution in [1.29, 1.82) is 0 Å². The van der Waals surface area contributed by atoms with Crippen LogP contribution in [-0.4, -0.2) is 150 Å². The minimum absolute atomic E-state index is 0. The summed E-state index contributed by atoms with van der Waals surface area (Å²) in [5, 5.41) is -0.361. The Morgan fingerprint density at radius 2 is 0.747 bits per heavy atom. The van der Waals surface area contributed by atoms with E-state index in [-0.39, 0.29) is 68.3 Å². The lowest BCUT2D eigenvalue weighted by molar-refractivity contribution is -0.288. The van der Waals surface area contributed by atoms with E-state index in [0.29, 0.717) is 12.4 Å². The van der Waals surface area contributed by atoms with E-state index in [9.17, 15) is 13.2 Å². The summed E-state index contributed by atoms with van der Waals surface area (Å²) in [5.74, 6) is 0.465. The summed E-state index contributed by atoms with van der Waals surface area (Å²) in [7, 11) is -18.2.